The number of aromatic nitrogens is 1. The first-order valence-corrected chi connectivity index (χ1v) is 5.95. The van der Waals surface area contributed by atoms with Crippen molar-refractivity contribution >= 4 is 45.2 Å². The van der Waals surface area contributed by atoms with Crippen molar-refractivity contribution in [3.8, 4) is 5.75 Å². The van der Waals surface area contributed by atoms with E-state index in [0.717, 1.165) is 19.6 Å². The van der Waals surface area contributed by atoms with Crippen molar-refractivity contribution in [2.75, 3.05) is 6.61 Å². The molecule has 0 aromatic carbocycles. The molecule has 0 aliphatic carbocycles. The monoisotopic (exact) mass is 401 g/mol. The third kappa shape index (κ3) is 4.26. The second-order valence-corrected chi connectivity index (χ2v) is 4.58. The first kappa shape index (κ1) is 11.2. The first-order chi connectivity index (χ1) is 6.22. The van der Waals surface area contributed by atoms with E-state index in [1.165, 1.54) is 0 Å². The normalized spacial score (nSPS) is 9.69. The Bertz CT molecular complexity index is 281. The van der Waals surface area contributed by atoms with E-state index in [2.05, 4.69) is 56.7 Å². The van der Waals surface area contributed by atoms with Gasteiger partial charge in [0.1, 0.15) is 13.2 Å². The molecule has 1 aromatic heterocycles. The molecule has 0 N–H and O–H groups in total. The summed E-state index contributed by atoms with van der Waals surface area (Å²) in [6, 6.07) is 3.84. The Balaban J connectivity index is 2.60. The van der Waals surface area contributed by atoms with Crippen molar-refractivity contribution in [1.29, 1.82) is 0 Å². The maximum absolute atomic E-state index is 5.49. The molecule has 0 aliphatic rings. The standard InChI is InChI=1S/C9H9I2NO/c1-2-3-4-13-7-5-8(10)12-9(11)6-7/h2,5-6H,1,3-4H2. The van der Waals surface area contributed by atoms with Crippen molar-refractivity contribution in [3.63, 3.8) is 0 Å². The molecule has 0 atom stereocenters. The van der Waals surface area contributed by atoms with Crippen LogP contribution in [-0.2, 0) is 0 Å². The van der Waals surface area contributed by atoms with Gasteiger partial charge >= 0.3 is 0 Å². The van der Waals surface area contributed by atoms with E-state index >= 15 is 0 Å². The Kier molecular flexibility index (Phi) is 5.00. The topological polar surface area (TPSA) is 22.1 Å². The Labute approximate surface area is 105 Å². The molecule has 0 radical (unpaired) electrons. The van der Waals surface area contributed by atoms with Gasteiger partial charge in [-0.3, -0.25) is 0 Å². The zero-order chi connectivity index (χ0) is 9.68. The summed E-state index contributed by atoms with van der Waals surface area (Å²) in [5.74, 6) is 0.880. The number of ether oxygens (including phenoxy) is 1. The van der Waals surface area contributed by atoms with Gasteiger partial charge in [-0.2, -0.15) is 0 Å². The van der Waals surface area contributed by atoms with E-state index in [-0.39, 0.29) is 0 Å². The van der Waals surface area contributed by atoms with Gasteiger partial charge in [-0.1, -0.05) is 6.08 Å². The van der Waals surface area contributed by atoms with Crippen LogP contribution in [0.15, 0.2) is 24.8 Å². The zero-order valence-corrected chi connectivity index (χ0v) is 11.3. The third-order valence-corrected chi connectivity index (χ3v) is 2.43. The van der Waals surface area contributed by atoms with Crippen LogP contribution >= 0.6 is 45.2 Å². The highest BCUT2D eigenvalue weighted by atomic mass is 127. The van der Waals surface area contributed by atoms with Gasteiger partial charge in [0, 0.05) is 12.1 Å². The van der Waals surface area contributed by atoms with Gasteiger partial charge in [-0.05, 0) is 51.6 Å². The number of hydrogen-bond donors (Lipinski definition) is 0. The first-order valence-electron chi connectivity index (χ1n) is 3.79. The van der Waals surface area contributed by atoms with E-state index < -0.39 is 0 Å². The molecule has 1 rings (SSSR count). The summed E-state index contributed by atoms with van der Waals surface area (Å²) in [6.45, 7) is 4.31. The van der Waals surface area contributed by atoms with E-state index in [1.807, 2.05) is 18.2 Å². The van der Waals surface area contributed by atoms with Crippen LogP contribution in [-0.4, -0.2) is 11.6 Å². The van der Waals surface area contributed by atoms with Gasteiger partial charge in [0.2, 0.25) is 0 Å². The molecular weight excluding hydrogens is 392 g/mol. The maximum atomic E-state index is 5.49. The third-order valence-electron chi connectivity index (χ3n) is 1.33. The second kappa shape index (κ2) is 5.79. The number of rotatable bonds is 4. The molecule has 0 fully saturated rings. The van der Waals surface area contributed by atoms with Crippen LogP contribution in [0.5, 0.6) is 5.75 Å². The minimum absolute atomic E-state index is 0.680. The fraction of sp³-hybridized carbons (Fsp3) is 0.222. The average molecular weight is 401 g/mol. The largest absolute Gasteiger partial charge is 0.493 e. The molecule has 13 heavy (non-hydrogen) atoms. The number of hydrogen-bond acceptors (Lipinski definition) is 2. The minimum atomic E-state index is 0.680. The summed E-state index contributed by atoms with van der Waals surface area (Å²) < 4.78 is 7.40. The van der Waals surface area contributed by atoms with Crippen molar-refractivity contribution in [1.82, 2.24) is 4.98 Å². The molecule has 0 bridgehead atoms. The predicted octanol–water partition coefficient (Wildman–Crippen LogP) is 3.25. The van der Waals surface area contributed by atoms with Crippen LogP contribution in [0.3, 0.4) is 0 Å². The van der Waals surface area contributed by atoms with Crippen molar-refractivity contribution in [2.24, 2.45) is 0 Å². The fourth-order valence-corrected chi connectivity index (χ4v) is 2.38. The highest BCUT2D eigenvalue weighted by Gasteiger charge is 1.98. The van der Waals surface area contributed by atoms with E-state index in [4.69, 9.17) is 4.74 Å². The SMILES string of the molecule is C=CCCOc1cc(I)nc(I)c1. The van der Waals surface area contributed by atoms with Gasteiger partial charge < -0.3 is 4.74 Å². The molecule has 2 nitrogen and oxygen atoms in total. The van der Waals surface area contributed by atoms with Crippen LogP contribution in [0.1, 0.15) is 6.42 Å². The number of nitrogens with zero attached hydrogens (tertiary/aromatic N) is 1. The second-order valence-electron chi connectivity index (χ2n) is 2.37. The van der Waals surface area contributed by atoms with E-state index in [9.17, 15) is 0 Å². The van der Waals surface area contributed by atoms with Gasteiger partial charge in [-0.25, -0.2) is 4.98 Å². The molecular formula is C9H9I2NO. The Morgan fingerprint density at radius 1 is 1.38 bits per heavy atom. The summed E-state index contributed by atoms with van der Waals surface area (Å²) in [4.78, 5) is 4.24. The Morgan fingerprint density at radius 3 is 2.54 bits per heavy atom. The lowest BCUT2D eigenvalue weighted by atomic mass is 10.4. The molecule has 0 spiro atoms. The molecule has 0 amide bonds. The summed E-state index contributed by atoms with van der Waals surface area (Å²) in [7, 11) is 0. The molecule has 0 aliphatic heterocycles. The smallest absolute Gasteiger partial charge is 0.124 e. The van der Waals surface area contributed by atoms with Crippen LogP contribution in [0, 0.1) is 7.40 Å². The maximum Gasteiger partial charge on any atom is 0.124 e. The van der Waals surface area contributed by atoms with Crippen LogP contribution < -0.4 is 4.74 Å². The summed E-state index contributed by atoms with van der Waals surface area (Å²) in [5.41, 5.74) is 0. The van der Waals surface area contributed by atoms with Crippen molar-refractivity contribution in [2.45, 2.75) is 6.42 Å². The van der Waals surface area contributed by atoms with Crippen LogP contribution in [0.25, 0.3) is 0 Å². The predicted molar refractivity (Wildman–Crippen MR) is 70.0 cm³/mol. The lowest BCUT2D eigenvalue weighted by Gasteiger charge is -2.04. The summed E-state index contributed by atoms with van der Waals surface area (Å²) >= 11 is 4.35. The Hall–Kier alpha value is 0.150. The van der Waals surface area contributed by atoms with Crippen LogP contribution in [0.2, 0.25) is 0 Å². The zero-order valence-electron chi connectivity index (χ0n) is 6.96. The van der Waals surface area contributed by atoms with Gasteiger partial charge in [0.25, 0.3) is 0 Å². The highest BCUT2D eigenvalue weighted by Crippen LogP contribution is 2.17. The summed E-state index contributed by atoms with van der Waals surface area (Å²) in [6.07, 6.45) is 2.71. The van der Waals surface area contributed by atoms with Crippen molar-refractivity contribution < 1.29 is 4.74 Å². The molecule has 1 heterocycles. The van der Waals surface area contributed by atoms with Crippen molar-refractivity contribution in [3.05, 3.63) is 32.2 Å². The fourth-order valence-electron chi connectivity index (χ4n) is 0.786. The lowest BCUT2D eigenvalue weighted by Crippen LogP contribution is -1.97. The molecule has 1 aromatic rings. The summed E-state index contributed by atoms with van der Waals surface area (Å²) in [5, 5.41) is 0. The molecule has 70 valence electrons. The van der Waals surface area contributed by atoms with E-state index in [1.54, 1.807) is 0 Å². The van der Waals surface area contributed by atoms with Gasteiger partial charge in [-0.15, -0.1) is 6.58 Å². The molecule has 0 unspecified atom stereocenters. The number of pyridine rings is 1. The molecule has 4 heteroatoms. The lowest BCUT2D eigenvalue weighted by molar-refractivity contribution is 0.324. The average Bonchev–Trinajstić information content (AvgIpc) is 2.03. The highest BCUT2D eigenvalue weighted by molar-refractivity contribution is 14.1. The molecule has 0 saturated heterocycles. The van der Waals surface area contributed by atoms with Gasteiger partial charge in [0.05, 0.1) is 6.61 Å². The van der Waals surface area contributed by atoms with Gasteiger partial charge in [0.15, 0.2) is 0 Å². The number of halogens is 2. The Morgan fingerprint density at radius 2 is 2.00 bits per heavy atom. The minimum Gasteiger partial charge on any atom is -0.493 e. The van der Waals surface area contributed by atoms with E-state index in [0.29, 0.717) is 6.61 Å². The quantitative estimate of drug-likeness (QED) is 0.335. The van der Waals surface area contributed by atoms with Crippen LogP contribution in [0.4, 0.5) is 0 Å². The molecule has 0 saturated carbocycles.